The predicted octanol–water partition coefficient (Wildman–Crippen LogP) is 6.88. The lowest BCUT2D eigenvalue weighted by atomic mass is 9.83. The van der Waals surface area contributed by atoms with Crippen LogP contribution in [0.4, 0.5) is 11.4 Å². The fourth-order valence-corrected chi connectivity index (χ4v) is 5.66. The van der Waals surface area contributed by atoms with Gasteiger partial charge in [0.05, 0.1) is 23.3 Å². The zero-order valence-corrected chi connectivity index (χ0v) is 20.9. The van der Waals surface area contributed by atoms with Gasteiger partial charge in [0.1, 0.15) is 0 Å². The lowest BCUT2D eigenvalue weighted by Gasteiger charge is -2.29. The van der Waals surface area contributed by atoms with Gasteiger partial charge in [-0.3, -0.25) is 10.1 Å². The molecule has 0 radical (unpaired) electrons. The highest BCUT2D eigenvalue weighted by Crippen LogP contribution is 2.36. The Morgan fingerprint density at radius 1 is 0.946 bits per heavy atom. The molecule has 7 nitrogen and oxygen atoms in total. The molecule has 0 unspecified atom stereocenters. The number of fused-ring (bicyclic) bond motifs is 2. The second-order valence-corrected chi connectivity index (χ2v) is 10.4. The van der Waals surface area contributed by atoms with E-state index in [1.165, 1.54) is 49.6 Å². The third-order valence-corrected chi connectivity index (χ3v) is 7.99. The van der Waals surface area contributed by atoms with E-state index in [4.69, 9.17) is 0 Å². The van der Waals surface area contributed by atoms with E-state index in [0.29, 0.717) is 11.6 Å². The highest BCUT2D eigenvalue weighted by molar-refractivity contribution is 6.00. The quantitative estimate of drug-likeness (QED) is 0.242. The van der Waals surface area contributed by atoms with E-state index in [-0.39, 0.29) is 0 Å². The summed E-state index contributed by atoms with van der Waals surface area (Å²) in [6.45, 7) is 6.48. The second-order valence-electron chi connectivity index (χ2n) is 10.4. The number of piperidine rings is 1. The number of hydrogen-bond donors (Lipinski definition) is 3. The third-order valence-electron chi connectivity index (χ3n) is 7.99. The number of H-pyrrole nitrogens is 2. The summed E-state index contributed by atoms with van der Waals surface area (Å²) in [7, 11) is 0. The van der Waals surface area contributed by atoms with Gasteiger partial charge in [0, 0.05) is 64.3 Å². The Hall–Kier alpha value is -4.13. The zero-order valence-electron chi connectivity index (χ0n) is 20.9. The van der Waals surface area contributed by atoms with Crippen LogP contribution < -0.4 is 10.2 Å². The molecule has 2 aliphatic rings. The second kappa shape index (κ2) is 9.07. The van der Waals surface area contributed by atoms with Gasteiger partial charge in [-0.1, -0.05) is 19.1 Å². The molecule has 1 aliphatic carbocycles. The summed E-state index contributed by atoms with van der Waals surface area (Å²) in [4.78, 5) is 15.3. The van der Waals surface area contributed by atoms with Crippen molar-refractivity contribution in [3.8, 4) is 22.5 Å². The molecule has 1 aromatic carbocycles. The molecule has 1 saturated carbocycles. The van der Waals surface area contributed by atoms with Crippen LogP contribution in [-0.4, -0.2) is 38.2 Å². The molecule has 3 N–H and O–H groups in total. The summed E-state index contributed by atoms with van der Waals surface area (Å²) in [5, 5.41) is 13.4. The Kier molecular flexibility index (Phi) is 5.42. The molecule has 5 aromatic rings. The number of nitrogens with one attached hydrogen (secondary N) is 3. The topological polar surface area (TPSA) is 85.5 Å². The maximum Gasteiger partial charge on any atom is 0.181 e. The fourth-order valence-electron chi connectivity index (χ4n) is 5.66. The first-order chi connectivity index (χ1) is 18.2. The lowest BCUT2D eigenvalue weighted by Crippen LogP contribution is -2.29. The minimum absolute atomic E-state index is 0.571. The Morgan fingerprint density at radius 3 is 2.65 bits per heavy atom. The number of pyridine rings is 2. The first kappa shape index (κ1) is 22.1. The molecule has 1 saturated heterocycles. The van der Waals surface area contributed by atoms with Crippen LogP contribution in [0.5, 0.6) is 0 Å². The van der Waals surface area contributed by atoms with Gasteiger partial charge < -0.3 is 15.2 Å². The number of allylic oxidation sites excluding steroid dienone is 1. The van der Waals surface area contributed by atoms with E-state index in [1.54, 1.807) is 0 Å². The molecular formula is C30H31N7. The largest absolute Gasteiger partial charge is 0.371 e. The number of hydrogen-bond acceptors (Lipinski definition) is 5. The average molecular weight is 490 g/mol. The molecular weight excluding hydrogens is 458 g/mol. The molecule has 0 bridgehead atoms. The molecule has 0 amide bonds. The van der Waals surface area contributed by atoms with Gasteiger partial charge in [-0.2, -0.15) is 5.10 Å². The van der Waals surface area contributed by atoms with E-state index >= 15 is 0 Å². The third kappa shape index (κ3) is 4.04. The van der Waals surface area contributed by atoms with Gasteiger partial charge in [0.15, 0.2) is 5.65 Å². The summed E-state index contributed by atoms with van der Waals surface area (Å²) in [5.41, 5.74) is 9.18. The number of anilines is 2. The molecule has 7 heteroatoms. The Balaban J connectivity index is 1.23. The van der Waals surface area contributed by atoms with E-state index in [1.807, 2.05) is 18.6 Å². The molecule has 7 rings (SSSR count). The van der Waals surface area contributed by atoms with Crippen molar-refractivity contribution < 1.29 is 0 Å². The van der Waals surface area contributed by atoms with Crippen molar-refractivity contribution in [2.75, 3.05) is 23.3 Å². The Labute approximate surface area is 216 Å². The van der Waals surface area contributed by atoms with Crippen molar-refractivity contribution in [2.24, 2.45) is 5.92 Å². The predicted molar refractivity (Wildman–Crippen MR) is 151 cm³/mol. The SMILES string of the molecule is C=C(Nc1cncc(-c2cnc3n[nH]c(-c4cc5c(N6CCCCC6)cccc5[nH]4)c3c2)c1)C1CCC1. The van der Waals surface area contributed by atoms with Crippen molar-refractivity contribution in [1.29, 1.82) is 0 Å². The Morgan fingerprint density at radius 2 is 1.81 bits per heavy atom. The fraction of sp³-hybridized carbons (Fsp3) is 0.300. The van der Waals surface area contributed by atoms with Gasteiger partial charge in [0.25, 0.3) is 0 Å². The van der Waals surface area contributed by atoms with Crippen LogP contribution in [0.1, 0.15) is 38.5 Å². The highest BCUT2D eigenvalue weighted by atomic mass is 15.2. The molecule has 2 fully saturated rings. The van der Waals surface area contributed by atoms with Crippen molar-refractivity contribution in [3.63, 3.8) is 0 Å². The molecule has 37 heavy (non-hydrogen) atoms. The first-order valence-corrected chi connectivity index (χ1v) is 13.4. The molecule has 186 valence electrons. The minimum Gasteiger partial charge on any atom is -0.371 e. The van der Waals surface area contributed by atoms with Gasteiger partial charge in [-0.15, -0.1) is 0 Å². The van der Waals surface area contributed by atoms with E-state index in [0.717, 1.165) is 57.9 Å². The average Bonchev–Trinajstić information content (AvgIpc) is 3.52. The van der Waals surface area contributed by atoms with Crippen LogP contribution in [0, 0.1) is 5.92 Å². The number of rotatable bonds is 6. The normalized spacial score (nSPS) is 16.3. The van der Waals surface area contributed by atoms with Gasteiger partial charge in [-0.05, 0) is 68.4 Å². The van der Waals surface area contributed by atoms with Crippen molar-refractivity contribution in [2.45, 2.75) is 38.5 Å². The number of aromatic amines is 2. The van der Waals surface area contributed by atoms with Gasteiger partial charge in [0.2, 0.25) is 0 Å². The number of nitrogens with zero attached hydrogens (tertiary/aromatic N) is 4. The van der Waals surface area contributed by atoms with Crippen LogP contribution in [0.2, 0.25) is 0 Å². The van der Waals surface area contributed by atoms with Crippen LogP contribution >= 0.6 is 0 Å². The maximum atomic E-state index is 4.66. The van der Waals surface area contributed by atoms with Gasteiger partial charge in [-0.25, -0.2) is 4.98 Å². The number of benzene rings is 1. The summed E-state index contributed by atoms with van der Waals surface area (Å²) >= 11 is 0. The van der Waals surface area contributed by atoms with Crippen LogP contribution in [0.3, 0.4) is 0 Å². The maximum absolute atomic E-state index is 4.66. The van der Waals surface area contributed by atoms with Crippen molar-refractivity contribution in [1.82, 2.24) is 25.1 Å². The lowest BCUT2D eigenvalue weighted by molar-refractivity contribution is 0.371. The van der Waals surface area contributed by atoms with E-state index < -0.39 is 0 Å². The monoisotopic (exact) mass is 489 g/mol. The van der Waals surface area contributed by atoms with E-state index in [9.17, 15) is 0 Å². The summed E-state index contributed by atoms with van der Waals surface area (Å²) < 4.78 is 0. The van der Waals surface area contributed by atoms with Crippen molar-refractivity contribution in [3.05, 3.63) is 67.3 Å². The minimum atomic E-state index is 0.571. The molecule has 0 atom stereocenters. The van der Waals surface area contributed by atoms with Crippen LogP contribution in [0.25, 0.3) is 44.5 Å². The first-order valence-electron chi connectivity index (χ1n) is 13.4. The number of aromatic nitrogens is 5. The van der Waals surface area contributed by atoms with E-state index in [2.05, 4.69) is 78.3 Å². The zero-order chi connectivity index (χ0) is 24.8. The smallest absolute Gasteiger partial charge is 0.181 e. The highest BCUT2D eigenvalue weighted by Gasteiger charge is 2.21. The van der Waals surface area contributed by atoms with Gasteiger partial charge >= 0.3 is 0 Å². The summed E-state index contributed by atoms with van der Waals surface area (Å²) in [5.74, 6) is 0.571. The molecule has 0 spiro atoms. The molecule has 4 aromatic heterocycles. The molecule has 5 heterocycles. The Bertz CT molecular complexity index is 1600. The van der Waals surface area contributed by atoms with Crippen molar-refractivity contribution >= 4 is 33.3 Å². The standard InChI is InChI=1S/C30H31N7/c1-19(20-7-5-8-20)33-23-13-21(16-31-18-23)22-14-25-29(35-36-30(25)32-17-22)27-15-24-26(34-27)9-6-10-28(24)37-11-3-2-4-12-37/h6,9-10,13-18,20,33-34H,1-5,7-8,11-12H2,(H,32,35,36). The summed E-state index contributed by atoms with van der Waals surface area (Å²) in [6, 6.07) is 13.1. The summed E-state index contributed by atoms with van der Waals surface area (Å²) in [6.07, 6.45) is 13.2. The van der Waals surface area contributed by atoms with Crippen LogP contribution in [-0.2, 0) is 0 Å². The molecule has 1 aliphatic heterocycles. The van der Waals surface area contributed by atoms with Crippen LogP contribution in [0.15, 0.2) is 67.3 Å².